The molecule has 1 spiro atoms. The van der Waals surface area contributed by atoms with E-state index in [9.17, 15) is 20.4 Å². The molecule has 3 heterocycles. The molecule has 0 bridgehead atoms. The maximum atomic E-state index is 10.9. The third-order valence-corrected chi connectivity index (χ3v) is 12.0. The van der Waals surface area contributed by atoms with E-state index < -0.39 is 52.5 Å². The van der Waals surface area contributed by atoms with Crippen molar-refractivity contribution in [2.45, 2.75) is 180 Å². The van der Waals surface area contributed by atoms with E-state index in [0.717, 1.165) is 32.1 Å². The molecule has 0 amide bonds. The summed E-state index contributed by atoms with van der Waals surface area (Å²) in [6.07, 6.45) is 8.86. The molecule has 4 N–H and O–H groups in total. The third kappa shape index (κ3) is 12.1. The predicted octanol–water partition coefficient (Wildman–Crippen LogP) is 6.96. The Hall–Kier alpha value is -0.926. The maximum Gasteiger partial charge on any atom is 0.169 e. The summed E-state index contributed by atoms with van der Waals surface area (Å²) in [7, 11) is -2.81. The normalized spacial score (nSPS) is 36.2. The van der Waals surface area contributed by atoms with E-state index in [0.29, 0.717) is 6.42 Å². The van der Waals surface area contributed by atoms with Gasteiger partial charge in [-0.05, 0) is 25.7 Å². The van der Waals surface area contributed by atoms with Crippen LogP contribution in [0.4, 0.5) is 0 Å². The van der Waals surface area contributed by atoms with E-state index in [1.54, 1.807) is 12.2 Å². The van der Waals surface area contributed by atoms with Crippen LogP contribution in [0.1, 0.15) is 73.6 Å². The number of aliphatic hydroxyl groups is 4. The molecule has 1 aliphatic carbocycles. The molecular weight excluding hydrogens is 641 g/mol. The van der Waals surface area contributed by atoms with Crippen LogP contribution in [0.25, 0.3) is 0 Å². The number of hydrogen-bond donors (Lipinski definition) is 4. The summed E-state index contributed by atoms with van der Waals surface area (Å²) in [4.78, 5) is 0. The topological polar surface area (TPSA) is 118 Å². The number of aliphatic hydroxyl groups excluding tert-OH is 4. The van der Waals surface area contributed by atoms with Crippen LogP contribution in [0.2, 0.25) is 39.3 Å². The summed E-state index contributed by atoms with van der Waals surface area (Å²) < 4.78 is 25.2. The van der Waals surface area contributed by atoms with Gasteiger partial charge in [-0.2, -0.15) is 0 Å². The molecular formula is C38H72O8Si2. The van der Waals surface area contributed by atoms with E-state index in [1.165, 1.54) is 6.42 Å². The summed E-state index contributed by atoms with van der Waals surface area (Å²) in [5.41, 5.74) is 4.20. The molecule has 8 nitrogen and oxygen atoms in total. The first-order chi connectivity index (χ1) is 21.4. The third-order valence-electron chi connectivity index (χ3n) is 9.60. The first kappa shape index (κ1) is 45.1. The van der Waals surface area contributed by atoms with Crippen LogP contribution in [-0.4, -0.2) is 103 Å². The Kier molecular flexibility index (Phi) is 17.9. The monoisotopic (exact) mass is 712 g/mol. The van der Waals surface area contributed by atoms with Crippen molar-refractivity contribution in [2.75, 3.05) is 0 Å². The molecule has 48 heavy (non-hydrogen) atoms. The van der Waals surface area contributed by atoms with E-state index in [4.69, 9.17) is 18.9 Å². The minimum atomic E-state index is -1.42. The highest BCUT2D eigenvalue weighted by Crippen LogP contribution is 2.47. The standard InChI is InChI=1S/C21H36O4Si.C15H28O4Si.2CH4/c1-6-10-17-15(2)18-20(25-21(24-18)12-8-7-9-13-21)19(23-17)16(22)11-14-26(3,4)5;1-6-7-12-10(2)13(17)14(18)15(19-12)11(16)8-9-20(3,4)5;;/h6,11,14-20,22H,1,7-10,12-13H2,2-5H3;6,8-18H,1,7H2,2-5H3;2*1H4/b14-11+;9-8+;;/t15-,16-,17-,18-,19-,20?;10-,11-,12-,13-,14?,15-;;/m00../s1. The number of fused-ring (bicyclic) bond motifs is 1. The molecule has 0 radical (unpaired) electrons. The quantitative estimate of drug-likeness (QED) is 0.142. The second kappa shape index (κ2) is 19.1. The molecule has 0 aromatic carbocycles. The fourth-order valence-electron chi connectivity index (χ4n) is 6.81. The van der Waals surface area contributed by atoms with Crippen molar-refractivity contribution in [3.8, 4) is 0 Å². The average Bonchev–Trinajstić information content (AvgIpc) is 3.35. The number of hydrogen-bond acceptors (Lipinski definition) is 8. The maximum absolute atomic E-state index is 10.9. The highest BCUT2D eigenvalue weighted by Gasteiger charge is 2.57. The minimum absolute atomic E-state index is 0. The first-order valence-electron chi connectivity index (χ1n) is 17.4. The lowest BCUT2D eigenvalue weighted by Crippen LogP contribution is -2.57. The predicted molar refractivity (Wildman–Crippen MR) is 203 cm³/mol. The van der Waals surface area contributed by atoms with Crippen LogP contribution in [0.5, 0.6) is 0 Å². The Morgan fingerprint density at radius 1 is 0.688 bits per heavy atom. The molecule has 12 atom stereocenters. The number of rotatable bonds is 10. The smallest absolute Gasteiger partial charge is 0.169 e. The lowest BCUT2D eigenvalue weighted by atomic mass is 9.85. The van der Waals surface area contributed by atoms with Gasteiger partial charge < -0.3 is 39.4 Å². The van der Waals surface area contributed by atoms with Crippen molar-refractivity contribution < 1.29 is 39.4 Å². The summed E-state index contributed by atoms with van der Waals surface area (Å²) in [5.74, 6) is -0.425. The lowest BCUT2D eigenvalue weighted by molar-refractivity contribution is -0.214. The minimum Gasteiger partial charge on any atom is -0.390 e. The fourth-order valence-corrected chi connectivity index (χ4v) is 8.36. The Bertz CT molecular complexity index is 1030. The second-order valence-corrected chi connectivity index (χ2v) is 26.2. The van der Waals surface area contributed by atoms with Crippen LogP contribution in [0.15, 0.2) is 48.9 Å². The van der Waals surface area contributed by atoms with E-state index in [2.05, 4.69) is 65.1 Å². The number of ether oxygens (including phenoxy) is 4. The largest absolute Gasteiger partial charge is 0.390 e. The highest BCUT2D eigenvalue weighted by atomic mass is 28.3. The molecule has 280 valence electrons. The van der Waals surface area contributed by atoms with Gasteiger partial charge in [-0.15, -0.1) is 13.2 Å². The summed E-state index contributed by atoms with van der Waals surface area (Å²) >= 11 is 0. The van der Waals surface area contributed by atoms with Gasteiger partial charge in [0.2, 0.25) is 0 Å². The van der Waals surface area contributed by atoms with Crippen molar-refractivity contribution in [1.82, 2.24) is 0 Å². The highest BCUT2D eigenvalue weighted by molar-refractivity contribution is 6.81. The molecule has 4 rings (SSSR count). The van der Waals surface area contributed by atoms with Crippen molar-refractivity contribution >= 4 is 16.1 Å². The zero-order chi connectivity index (χ0) is 34.4. The van der Waals surface area contributed by atoms with Crippen molar-refractivity contribution in [1.29, 1.82) is 0 Å². The Morgan fingerprint density at radius 2 is 1.12 bits per heavy atom. The SMILES string of the molecule is C.C.C=CC[C@@H]1O[C@@H]([C@@H](O)/C=C/[Si](C)(C)C)C(O)[C@@H](O)[C@H]1C.C=CC[C@@H]1O[C@@H]([C@@H](O)/C=C/[Si](C)(C)C)C2OC3(CCCCC3)O[C@H]2[C@H]1C. The van der Waals surface area contributed by atoms with Crippen molar-refractivity contribution in [3.63, 3.8) is 0 Å². The van der Waals surface area contributed by atoms with Gasteiger partial charge in [0, 0.05) is 24.7 Å². The van der Waals surface area contributed by atoms with Crippen LogP contribution in [0.3, 0.4) is 0 Å². The molecule has 4 aliphatic rings. The molecule has 10 heteroatoms. The van der Waals surface area contributed by atoms with Gasteiger partial charge in [-0.1, -0.05) is 110 Å². The van der Waals surface area contributed by atoms with Gasteiger partial charge in [0.1, 0.15) is 36.6 Å². The summed E-state index contributed by atoms with van der Waals surface area (Å²) in [6, 6.07) is 0. The molecule has 4 fully saturated rings. The van der Waals surface area contributed by atoms with Gasteiger partial charge >= 0.3 is 0 Å². The molecule has 3 aliphatic heterocycles. The van der Waals surface area contributed by atoms with Gasteiger partial charge in [-0.3, -0.25) is 0 Å². The van der Waals surface area contributed by atoms with Gasteiger partial charge in [0.25, 0.3) is 0 Å². The second-order valence-electron chi connectivity index (χ2n) is 16.1. The Balaban J connectivity index is 0.000000477. The molecule has 2 unspecified atom stereocenters. The molecule has 0 aromatic heterocycles. The molecule has 1 saturated carbocycles. The van der Waals surface area contributed by atoms with Gasteiger partial charge in [0.05, 0.1) is 40.6 Å². The van der Waals surface area contributed by atoms with Crippen LogP contribution in [-0.2, 0) is 18.9 Å². The zero-order valence-corrected chi connectivity index (χ0v) is 31.7. The van der Waals surface area contributed by atoms with Crippen LogP contribution >= 0.6 is 0 Å². The van der Waals surface area contributed by atoms with E-state index in [1.807, 2.05) is 24.8 Å². The fraction of sp³-hybridized carbons (Fsp3) is 0.789. The van der Waals surface area contributed by atoms with E-state index in [-0.39, 0.29) is 57.2 Å². The zero-order valence-electron chi connectivity index (χ0n) is 29.7. The van der Waals surface area contributed by atoms with Gasteiger partial charge in [0.15, 0.2) is 5.79 Å². The van der Waals surface area contributed by atoms with Crippen molar-refractivity contribution in [2.24, 2.45) is 11.8 Å². The van der Waals surface area contributed by atoms with E-state index >= 15 is 0 Å². The Morgan fingerprint density at radius 3 is 1.60 bits per heavy atom. The first-order valence-corrected chi connectivity index (χ1v) is 24.6. The van der Waals surface area contributed by atoms with Crippen LogP contribution < -0.4 is 0 Å². The summed E-state index contributed by atoms with van der Waals surface area (Å²) in [6.45, 7) is 24.8. The summed E-state index contributed by atoms with van der Waals surface area (Å²) in [5, 5.41) is 41.3. The van der Waals surface area contributed by atoms with Crippen molar-refractivity contribution in [3.05, 3.63) is 48.9 Å². The van der Waals surface area contributed by atoms with Gasteiger partial charge in [-0.25, -0.2) is 0 Å². The molecule has 0 aromatic rings. The lowest BCUT2D eigenvalue weighted by Gasteiger charge is -2.42. The Labute approximate surface area is 295 Å². The molecule has 3 saturated heterocycles. The average molecular weight is 713 g/mol. The van der Waals surface area contributed by atoms with Crippen LogP contribution in [0, 0.1) is 11.8 Å².